The highest BCUT2D eigenvalue weighted by atomic mass is 28.4. The molecule has 22 heavy (non-hydrogen) atoms. The smallest absolute Gasteiger partial charge is 0.364 e. The molecular formula is C17H31FO3Si. The Balaban J connectivity index is 2.94. The summed E-state index contributed by atoms with van der Waals surface area (Å²) in [5.74, 6) is -2.47. The van der Waals surface area contributed by atoms with Crippen LogP contribution in [0, 0.1) is 5.92 Å². The molecule has 1 aliphatic carbocycles. The van der Waals surface area contributed by atoms with Crippen molar-refractivity contribution in [3.8, 4) is 0 Å². The van der Waals surface area contributed by atoms with Gasteiger partial charge in [-0.2, -0.15) is 4.39 Å². The summed E-state index contributed by atoms with van der Waals surface area (Å²) >= 11 is 0. The predicted molar refractivity (Wildman–Crippen MR) is 90.1 cm³/mol. The van der Waals surface area contributed by atoms with Gasteiger partial charge in [-0.3, -0.25) is 0 Å². The van der Waals surface area contributed by atoms with Crippen LogP contribution in [0.15, 0.2) is 11.4 Å². The zero-order chi connectivity index (χ0) is 17.1. The molecule has 0 spiro atoms. The first-order chi connectivity index (χ1) is 10.1. The number of carbonyl (C=O) groups is 1. The predicted octanol–water partition coefficient (Wildman–Crippen LogP) is 5.29. The van der Waals surface area contributed by atoms with Crippen molar-refractivity contribution in [2.75, 3.05) is 6.61 Å². The second kappa shape index (κ2) is 7.73. The van der Waals surface area contributed by atoms with Crippen LogP contribution in [0.3, 0.4) is 0 Å². The number of rotatable bonds is 7. The highest BCUT2D eigenvalue weighted by Crippen LogP contribution is 2.44. The lowest BCUT2D eigenvalue weighted by Gasteiger charge is -2.42. The van der Waals surface area contributed by atoms with E-state index in [2.05, 4.69) is 41.5 Å². The first-order valence-corrected chi connectivity index (χ1v) is 10.5. The summed E-state index contributed by atoms with van der Waals surface area (Å²) in [7, 11) is -1.98. The van der Waals surface area contributed by atoms with Crippen molar-refractivity contribution in [1.82, 2.24) is 0 Å². The third kappa shape index (κ3) is 3.80. The van der Waals surface area contributed by atoms with Gasteiger partial charge in [-0.1, -0.05) is 41.5 Å². The molecule has 1 rings (SSSR count). The van der Waals surface area contributed by atoms with Crippen LogP contribution in [0.25, 0.3) is 0 Å². The molecule has 0 amide bonds. The Kier molecular flexibility index (Phi) is 6.80. The highest BCUT2D eigenvalue weighted by Gasteiger charge is 2.45. The van der Waals surface area contributed by atoms with Gasteiger partial charge in [0.2, 0.25) is 5.83 Å². The van der Waals surface area contributed by atoms with Crippen molar-refractivity contribution < 1.29 is 18.7 Å². The lowest BCUT2D eigenvalue weighted by molar-refractivity contribution is -0.134. The Labute approximate surface area is 135 Å². The molecule has 128 valence electrons. The van der Waals surface area contributed by atoms with Gasteiger partial charge in [-0.05, 0) is 41.5 Å². The third-order valence-corrected chi connectivity index (χ3v) is 11.3. The molecule has 1 fully saturated rings. The fourth-order valence-corrected chi connectivity index (χ4v) is 9.76. The summed E-state index contributed by atoms with van der Waals surface area (Å²) in [4.78, 5) is 10.9. The molecule has 0 aliphatic heterocycles. The summed E-state index contributed by atoms with van der Waals surface area (Å²) in [5.41, 5.74) is 1.88. The van der Waals surface area contributed by atoms with Crippen molar-refractivity contribution >= 4 is 14.3 Å². The van der Waals surface area contributed by atoms with E-state index in [0.717, 1.165) is 12.8 Å². The SMILES string of the molecule is CC(C)[Si](OCC1CCCC1=C(F)C(=O)O)(C(C)C)C(C)C. The number of hydrogen-bond donors (Lipinski definition) is 1. The molecule has 1 unspecified atom stereocenters. The molecule has 1 saturated carbocycles. The van der Waals surface area contributed by atoms with E-state index in [-0.39, 0.29) is 5.92 Å². The fraction of sp³-hybridized carbons (Fsp3) is 0.824. The largest absolute Gasteiger partial charge is 0.476 e. The van der Waals surface area contributed by atoms with Gasteiger partial charge < -0.3 is 9.53 Å². The van der Waals surface area contributed by atoms with Crippen LogP contribution in [-0.4, -0.2) is 26.0 Å². The topological polar surface area (TPSA) is 46.5 Å². The van der Waals surface area contributed by atoms with E-state index in [1.54, 1.807) is 0 Å². The van der Waals surface area contributed by atoms with Gasteiger partial charge in [0, 0.05) is 12.5 Å². The third-order valence-electron chi connectivity index (χ3n) is 5.20. The minimum absolute atomic E-state index is 0.0702. The molecule has 0 bridgehead atoms. The average Bonchev–Trinajstić information content (AvgIpc) is 2.85. The summed E-state index contributed by atoms with van der Waals surface area (Å²) < 4.78 is 20.3. The van der Waals surface area contributed by atoms with Gasteiger partial charge in [0.15, 0.2) is 8.32 Å². The molecule has 0 aromatic rings. The van der Waals surface area contributed by atoms with E-state index in [4.69, 9.17) is 9.53 Å². The quantitative estimate of drug-likeness (QED) is 0.510. The summed E-state index contributed by atoms with van der Waals surface area (Å²) in [6.07, 6.45) is 2.23. The van der Waals surface area contributed by atoms with E-state index < -0.39 is 20.1 Å². The normalized spacial score (nSPS) is 22.0. The zero-order valence-corrected chi connectivity index (χ0v) is 15.8. The van der Waals surface area contributed by atoms with Crippen LogP contribution in [0.5, 0.6) is 0 Å². The van der Waals surface area contributed by atoms with Crippen LogP contribution in [0.2, 0.25) is 16.6 Å². The molecule has 1 N–H and O–H groups in total. The van der Waals surface area contributed by atoms with Crippen LogP contribution in [-0.2, 0) is 9.22 Å². The Morgan fingerprint density at radius 1 is 1.23 bits per heavy atom. The van der Waals surface area contributed by atoms with E-state index in [1.165, 1.54) is 0 Å². The van der Waals surface area contributed by atoms with Gasteiger partial charge in [-0.15, -0.1) is 0 Å². The Morgan fingerprint density at radius 3 is 2.14 bits per heavy atom. The van der Waals surface area contributed by atoms with Crippen molar-refractivity contribution in [3.63, 3.8) is 0 Å². The van der Waals surface area contributed by atoms with Crippen molar-refractivity contribution in [1.29, 1.82) is 0 Å². The lowest BCUT2D eigenvalue weighted by Crippen LogP contribution is -2.48. The maximum absolute atomic E-state index is 13.8. The van der Waals surface area contributed by atoms with Gasteiger partial charge >= 0.3 is 5.97 Å². The second-order valence-electron chi connectivity index (χ2n) is 7.36. The molecule has 0 saturated heterocycles. The van der Waals surface area contributed by atoms with E-state index in [0.29, 0.717) is 35.2 Å². The molecule has 0 aromatic carbocycles. The number of carboxylic acid groups (broad SMARTS) is 1. The van der Waals surface area contributed by atoms with Gasteiger partial charge in [0.05, 0.1) is 0 Å². The van der Waals surface area contributed by atoms with Crippen molar-refractivity contribution in [2.45, 2.75) is 77.4 Å². The first kappa shape index (κ1) is 19.4. The maximum atomic E-state index is 13.8. The molecule has 0 heterocycles. The minimum Gasteiger partial charge on any atom is -0.476 e. The van der Waals surface area contributed by atoms with Crippen LogP contribution in [0.1, 0.15) is 60.8 Å². The standard InChI is InChI=1S/C17H31FO3Si/c1-11(2)22(12(3)4,13(5)6)21-10-14-8-7-9-15(14)16(18)17(19)20/h11-14H,7-10H2,1-6H3,(H,19,20). The first-order valence-electron chi connectivity index (χ1n) is 8.40. The Hall–Kier alpha value is -0.683. The monoisotopic (exact) mass is 330 g/mol. The van der Waals surface area contributed by atoms with Crippen LogP contribution in [0.4, 0.5) is 4.39 Å². The molecule has 0 radical (unpaired) electrons. The average molecular weight is 331 g/mol. The van der Waals surface area contributed by atoms with Gasteiger partial charge in [-0.25, -0.2) is 4.79 Å². The summed E-state index contributed by atoms with van der Waals surface area (Å²) in [5, 5.41) is 8.89. The lowest BCUT2D eigenvalue weighted by atomic mass is 10.0. The van der Waals surface area contributed by atoms with Crippen molar-refractivity contribution in [2.24, 2.45) is 5.92 Å². The summed E-state index contributed by atoms with van der Waals surface area (Å²) in [6.45, 7) is 13.8. The number of aliphatic carboxylic acids is 1. The number of hydrogen-bond acceptors (Lipinski definition) is 2. The van der Waals surface area contributed by atoms with E-state index >= 15 is 0 Å². The zero-order valence-electron chi connectivity index (χ0n) is 14.8. The molecular weight excluding hydrogens is 299 g/mol. The minimum atomic E-state index is -1.98. The molecule has 5 heteroatoms. The molecule has 0 aromatic heterocycles. The van der Waals surface area contributed by atoms with Crippen molar-refractivity contribution in [3.05, 3.63) is 11.4 Å². The second-order valence-corrected chi connectivity index (χ2v) is 12.8. The highest BCUT2D eigenvalue weighted by molar-refractivity contribution is 6.77. The van der Waals surface area contributed by atoms with Crippen LogP contribution >= 0.6 is 0 Å². The van der Waals surface area contributed by atoms with Gasteiger partial charge in [0.1, 0.15) is 0 Å². The molecule has 3 nitrogen and oxygen atoms in total. The number of carboxylic acids is 1. The molecule has 1 atom stereocenters. The van der Waals surface area contributed by atoms with E-state index in [9.17, 15) is 9.18 Å². The molecule has 1 aliphatic rings. The number of halogens is 1. The Morgan fingerprint density at radius 2 is 1.73 bits per heavy atom. The maximum Gasteiger partial charge on any atom is 0.364 e. The van der Waals surface area contributed by atoms with Crippen LogP contribution < -0.4 is 0 Å². The van der Waals surface area contributed by atoms with E-state index in [1.807, 2.05) is 0 Å². The van der Waals surface area contributed by atoms with Gasteiger partial charge in [0.25, 0.3) is 0 Å². The fourth-order valence-electron chi connectivity index (χ4n) is 4.27. The Bertz CT molecular complexity index is 408. The summed E-state index contributed by atoms with van der Waals surface area (Å²) in [6, 6.07) is 0.